The highest BCUT2D eigenvalue weighted by molar-refractivity contribution is 5.54. The average Bonchev–Trinajstić information content (AvgIpc) is 2.46. The zero-order valence-corrected chi connectivity index (χ0v) is 10.7. The van der Waals surface area contributed by atoms with E-state index in [1.165, 1.54) is 12.8 Å². The first-order chi connectivity index (χ1) is 8.86. The molecule has 1 saturated heterocycles. The van der Waals surface area contributed by atoms with Gasteiger partial charge in [0.2, 0.25) is 0 Å². The van der Waals surface area contributed by atoms with Crippen LogP contribution in [0.25, 0.3) is 0 Å². The molecule has 96 valence electrons. The molecule has 0 aliphatic carbocycles. The van der Waals surface area contributed by atoms with Crippen LogP contribution in [-0.2, 0) is 9.53 Å². The molecule has 18 heavy (non-hydrogen) atoms. The summed E-state index contributed by atoms with van der Waals surface area (Å²) in [5.74, 6) is 2.31. The molecule has 0 spiro atoms. The Balaban J connectivity index is 2.30. The summed E-state index contributed by atoms with van der Waals surface area (Å²) in [6.07, 6.45) is 3.45. The van der Waals surface area contributed by atoms with Crippen molar-refractivity contribution in [2.45, 2.75) is 31.2 Å². The van der Waals surface area contributed by atoms with Crippen LogP contribution in [0.15, 0.2) is 36.1 Å². The van der Waals surface area contributed by atoms with Crippen molar-refractivity contribution in [1.82, 2.24) is 5.32 Å². The molecule has 0 bridgehead atoms. The van der Waals surface area contributed by atoms with E-state index in [9.17, 15) is 4.79 Å². The second kappa shape index (κ2) is 6.39. The lowest BCUT2D eigenvalue weighted by Gasteiger charge is -2.31. The van der Waals surface area contributed by atoms with Gasteiger partial charge in [0, 0.05) is 6.04 Å². The Kier molecular flexibility index (Phi) is 4.57. The summed E-state index contributed by atoms with van der Waals surface area (Å²) < 4.78 is 5.22. The van der Waals surface area contributed by atoms with Crippen LogP contribution in [0.2, 0.25) is 0 Å². The Morgan fingerprint density at radius 2 is 2.17 bits per heavy atom. The number of hydrogen-bond donors (Lipinski definition) is 1. The third-order valence-corrected chi connectivity index (χ3v) is 3.51. The first-order valence-corrected chi connectivity index (χ1v) is 6.44. The smallest absolute Gasteiger partial charge is 0.188 e. The van der Waals surface area contributed by atoms with E-state index >= 15 is 0 Å². The quantitative estimate of drug-likeness (QED) is 0.653. The van der Waals surface area contributed by atoms with Crippen molar-refractivity contribution in [1.29, 1.82) is 0 Å². The lowest BCUT2D eigenvalue weighted by Crippen LogP contribution is -2.39. The molecule has 1 fully saturated rings. The molecule has 2 rings (SSSR count). The molecule has 3 heteroatoms. The largest absolute Gasteiger partial charge is 0.489 e. The minimum Gasteiger partial charge on any atom is -0.489 e. The van der Waals surface area contributed by atoms with Crippen molar-refractivity contribution in [3.05, 3.63) is 41.7 Å². The van der Waals surface area contributed by atoms with Crippen LogP contribution >= 0.6 is 0 Å². The highest BCUT2D eigenvalue weighted by Crippen LogP contribution is 2.30. The normalized spacial score (nSPS) is 20.8. The van der Waals surface area contributed by atoms with Gasteiger partial charge in [0.15, 0.2) is 11.7 Å². The van der Waals surface area contributed by atoms with E-state index in [1.807, 2.05) is 36.3 Å². The van der Waals surface area contributed by atoms with E-state index in [2.05, 4.69) is 5.32 Å². The number of benzene rings is 1. The second-order valence-corrected chi connectivity index (χ2v) is 4.62. The van der Waals surface area contributed by atoms with Gasteiger partial charge in [-0.05, 0) is 24.9 Å². The molecule has 2 atom stereocenters. The zero-order chi connectivity index (χ0) is 12.8. The summed E-state index contributed by atoms with van der Waals surface area (Å²) in [5, 5.41) is 3.49. The fraction of sp³-hybridized carbons (Fsp3) is 0.467. The van der Waals surface area contributed by atoms with Crippen LogP contribution in [0.3, 0.4) is 0 Å². The molecule has 1 aliphatic rings. The van der Waals surface area contributed by atoms with Gasteiger partial charge >= 0.3 is 0 Å². The molecule has 2 unspecified atom stereocenters. The number of nitrogens with one attached hydrogen (secondary N) is 1. The molecule has 0 saturated carbocycles. The van der Waals surface area contributed by atoms with Crippen molar-refractivity contribution in [3.8, 4) is 0 Å². The summed E-state index contributed by atoms with van der Waals surface area (Å²) in [7, 11) is 1.54. The average molecular weight is 245 g/mol. The summed E-state index contributed by atoms with van der Waals surface area (Å²) in [6.45, 7) is 1.00. The number of methoxy groups -OCH3 is 1. The standard InChI is InChI=1S/C15H19NO2/c1-18-14(11-17)15(12-7-3-2-4-8-12)13-9-5-6-10-16-13/h2-4,7-8,13,15-16H,5-6,9-10H2,1H3. The van der Waals surface area contributed by atoms with Crippen LogP contribution in [-0.4, -0.2) is 25.6 Å². The van der Waals surface area contributed by atoms with Crippen molar-refractivity contribution >= 4 is 5.94 Å². The molecule has 0 amide bonds. The highest BCUT2D eigenvalue weighted by atomic mass is 16.5. The van der Waals surface area contributed by atoms with E-state index in [0.717, 1.165) is 18.5 Å². The van der Waals surface area contributed by atoms with Gasteiger partial charge < -0.3 is 10.1 Å². The van der Waals surface area contributed by atoms with Gasteiger partial charge in [-0.15, -0.1) is 0 Å². The van der Waals surface area contributed by atoms with Crippen molar-refractivity contribution < 1.29 is 9.53 Å². The van der Waals surface area contributed by atoms with E-state index < -0.39 is 0 Å². The van der Waals surface area contributed by atoms with E-state index in [1.54, 1.807) is 7.11 Å². The topological polar surface area (TPSA) is 38.3 Å². The van der Waals surface area contributed by atoms with Crippen LogP contribution in [0.5, 0.6) is 0 Å². The van der Waals surface area contributed by atoms with Gasteiger partial charge in [0.05, 0.1) is 13.0 Å². The molecule has 3 nitrogen and oxygen atoms in total. The first kappa shape index (κ1) is 12.9. The van der Waals surface area contributed by atoms with E-state index in [0.29, 0.717) is 5.76 Å². The maximum Gasteiger partial charge on any atom is 0.188 e. The third-order valence-electron chi connectivity index (χ3n) is 3.51. The molecule has 1 N–H and O–H groups in total. The van der Waals surface area contributed by atoms with E-state index in [4.69, 9.17) is 4.74 Å². The number of piperidine rings is 1. The third kappa shape index (κ3) is 2.81. The lowest BCUT2D eigenvalue weighted by molar-refractivity contribution is 0.236. The Morgan fingerprint density at radius 3 is 2.72 bits per heavy atom. The van der Waals surface area contributed by atoms with Crippen LogP contribution in [0.4, 0.5) is 0 Å². The SMILES string of the molecule is COC(=C=O)C(c1ccccc1)C1CCCCN1. The van der Waals surface area contributed by atoms with Gasteiger partial charge in [0.25, 0.3) is 0 Å². The first-order valence-electron chi connectivity index (χ1n) is 6.44. The maximum absolute atomic E-state index is 11.1. The fourth-order valence-corrected chi connectivity index (χ4v) is 2.62. The predicted molar refractivity (Wildman–Crippen MR) is 71.0 cm³/mol. The van der Waals surface area contributed by atoms with Crippen molar-refractivity contribution in [2.75, 3.05) is 13.7 Å². The Bertz CT molecular complexity index is 417. The molecule has 1 aromatic carbocycles. The van der Waals surface area contributed by atoms with Gasteiger partial charge in [-0.2, -0.15) is 0 Å². The van der Waals surface area contributed by atoms with Crippen LogP contribution in [0, 0.1) is 0 Å². The summed E-state index contributed by atoms with van der Waals surface area (Å²) in [4.78, 5) is 11.1. The number of rotatable bonds is 4. The molecule has 0 aromatic heterocycles. The minimum atomic E-state index is -0.0333. The van der Waals surface area contributed by atoms with Gasteiger partial charge in [-0.1, -0.05) is 36.8 Å². The lowest BCUT2D eigenvalue weighted by atomic mass is 9.85. The summed E-state index contributed by atoms with van der Waals surface area (Å²) >= 11 is 0. The van der Waals surface area contributed by atoms with Gasteiger partial charge in [-0.25, -0.2) is 4.79 Å². The molecule has 1 heterocycles. The Hall–Kier alpha value is -1.57. The zero-order valence-electron chi connectivity index (χ0n) is 10.7. The summed E-state index contributed by atoms with van der Waals surface area (Å²) in [5.41, 5.74) is 1.11. The Labute approximate surface area is 108 Å². The van der Waals surface area contributed by atoms with Gasteiger partial charge in [-0.3, -0.25) is 0 Å². The second-order valence-electron chi connectivity index (χ2n) is 4.62. The summed E-state index contributed by atoms with van der Waals surface area (Å²) in [6, 6.07) is 10.3. The molecule has 0 radical (unpaired) electrons. The van der Waals surface area contributed by atoms with Crippen molar-refractivity contribution in [3.63, 3.8) is 0 Å². The van der Waals surface area contributed by atoms with E-state index in [-0.39, 0.29) is 12.0 Å². The number of carbonyl (C=O) groups excluding carboxylic acids is 1. The molecular formula is C15H19NO2. The minimum absolute atomic E-state index is 0.0333. The highest BCUT2D eigenvalue weighted by Gasteiger charge is 2.29. The number of hydrogen-bond acceptors (Lipinski definition) is 3. The predicted octanol–water partition coefficient (Wildman–Crippen LogP) is 2.27. The molecule has 1 aromatic rings. The maximum atomic E-state index is 11.1. The Morgan fingerprint density at radius 1 is 1.39 bits per heavy atom. The number of ether oxygens (including phenoxy) is 1. The molecule has 1 aliphatic heterocycles. The molecular weight excluding hydrogens is 226 g/mol. The van der Waals surface area contributed by atoms with Gasteiger partial charge in [0.1, 0.15) is 0 Å². The fourth-order valence-electron chi connectivity index (χ4n) is 2.62. The van der Waals surface area contributed by atoms with Crippen LogP contribution < -0.4 is 5.32 Å². The van der Waals surface area contributed by atoms with Crippen LogP contribution in [0.1, 0.15) is 30.7 Å². The monoisotopic (exact) mass is 245 g/mol. The van der Waals surface area contributed by atoms with Crippen molar-refractivity contribution in [2.24, 2.45) is 0 Å².